The quantitative estimate of drug-likeness (QED) is 0.657. The van der Waals surface area contributed by atoms with Gasteiger partial charge in [-0.2, -0.15) is 5.10 Å². The van der Waals surface area contributed by atoms with E-state index in [-0.39, 0.29) is 31.3 Å². The number of nitrogens with zero attached hydrogens (tertiary/aromatic N) is 3. The second kappa shape index (κ2) is 10.0. The van der Waals surface area contributed by atoms with Crippen LogP contribution in [0, 0.1) is 0 Å². The van der Waals surface area contributed by atoms with E-state index in [0.29, 0.717) is 37.6 Å². The molecule has 0 saturated heterocycles. The smallest absolute Gasteiger partial charge is 0.317 e. The Kier molecular flexibility index (Phi) is 6.91. The van der Waals surface area contributed by atoms with E-state index < -0.39 is 0 Å². The number of hydrogen-bond acceptors (Lipinski definition) is 7. The molecule has 0 bridgehead atoms. The van der Waals surface area contributed by atoms with Gasteiger partial charge in [-0.15, -0.1) is 11.3 Å². The highest BCUT2D eigenvalue weighted by Crippen LogP contribution is 2.39. The topological polar surface area (TPSA) is 92.7 Å². The summed E-state index contributed by atoms with van der Waals surface area (Å²) in [6, 6.07) is 9.03. The highest BCUT2D eigenvalue weighted by molar-refractivity contribution is 7.12. The van der Waals surface area contributed by atoms with E-state index in [2.05, 4.69) is 10.4 Å². The molecule has 3 heterocycles. The second-order valence-electron chi connectivity index (χ2n) is 7.34. The van der Waals surface area contributed by atoms with Gasteiger partial charge >= 0.3 is 6.03 Å². The Morgan fingerprint density at radius 1 is 1.31 bits per heavy atom. The van der Waals surface area contributed by atoms with Crippen LogP contribution in [0.1, 0.15) is 29.8 Å². The lowest BCUT2D eigenvalue weighted by Gasteiger charge is -2.27. The maximum atomic E-state index is 13.4. The largest absolute Gasteiger partial charge is 0.454 e. The molecule has 1 atom stereocenters. The van der Waals surface area contributed by atoms with Crippen molar-refractivity contribution < 1.29 is 23.8 Å². The number of rotatable bonds is 8. The first kappa shape index (κ1) is 22.1. The van der Waals surface area contributed by atoms with Crippen LogP contribution in [0.5, 0.6) is 11.5 Å². The number of nitrogens with one attached hydrogen (secondary N) is 1. The standard InChI is InChI=1S/C22H26N4O5S/c1-3-23-22(28)25(8-9-29-2)13-21(27)26-17(12-16(24-26)20-5-4-10-32-20)15-6-7-18-19(11-15)31-14-30-18/h4-7,10-11,17H,3,8-9,12-14H2,1-2H3,(H,23,28). The van der Waals surface area contributed by atoms with Gasteiger partial charge < -0.3 is 24.4 Å². The highest BCUT2D eigenvalue weighted by atomic mass is 32.1. The fourth-order valence-corrected chi connectivity index (χ4v) is 4.39. The van der Waals surface area contributed by atoms with E-state index in [1.54, 1.807) is 18.4 Å². The van der Waals surface area contributed by atoms with Gasteiger partial charge in [0.15, 0.2) is 11.5 Å². The Morgan fingerprint density at radius 3 is 2.91 bits per heavy atom. The van der Waals surface area contributed by atoms with Crippen molar-refractivity contribution in [1.29, 1.82) is 0 Å². The van der Waals surface area contributed by atoms with Crippen molar-refractivity contribution >= 4 is 29.0 Å². The van der Waals surface area contributed by atoms with Crippen LogP contribution >= 0.6 is 11.3 Å². The van der Waals surface area contributed by atoms with Gasteiger partial charge in [0, 0.05) is 26.6 Å². The third-order valence-corrected chi connectivity index (χ3v) is 6.18. The van der Waals surface area contributed by atoms with Gasteiger partial charge in [-0.05, 0) is 36.1 Å². The van der Waals surface area contributed by atoms with Crippen molar-refractivity contribution in [2.45, 2.75) is 19.4 Å². The summed E-state index contributed by atoms with van der Waals surface area (Å²) < 4.78 is 16.1. The van der Waals surface area contributed by atoms with Crippen molar-refractivity contribution in [2.75, 3.05) is 40.1 Å². The number of benzene rings is 1. The Balaban J connectivity index is 1.59. The van der Waals surface area contributed by atoms with E-state index in [9.17, 15) is 9.59 Å². The Bertz CT molecular complexity index is 994. The normalized spacial score (nSPS) is 16.8. The van der Waals surface area contributed by atoms with Crippen LogP contribution in [0.4, 0.5) is 4.79 Å². The summed E-state index contributed by atoms with van der Waals surface area (Å²) in [5.41, 5.74) is 1.75. The second-order valence-corrected chi connectivity index (χ2v) is 8.29. The molecule has 32 heavy (non-hydrogen) atoms. The monoisotopic (exact) mass is 458 g/mol. The Morgan fingerprint density at radius 2 is 2.16 bits per heavy atom. The van der Waals surface area contributed by atoms with Gasteiger partial charge in [0.1, 0.15) is 6.54 Å². The zero-order valence-electron chi connectivity index (χ0n) is 18.1. The van der Waals surface area contributed by atoms with E-state index in [4.69, 9.17) is 14.2 Å². The number of fused-ring (bicyclic) bond motifs is 1. The number of thiophene rings is 1. The number of carbonyl (C=O) groups excluding carboxylic acids is 2. The summed E-state index contributed by atoms with van der Waals surface area (Å²) in [6.07, 6.45) is 0.575. The minimum absolute atomic E-state index is 0.0997. The summed E-state index contributed by atoms with van der Waals surface area (Å²) in [5.74, 6) is 1.08. The molecule has 0 saturated carbocycles. The maximum absolute atomic E-state index is 13.4. The third-order valence-electron chi connectivity index (χ3n) is 5.26. The van der Waals surface area contributed by atoms with Crippen molar-refractivity contribution in [1.82, 2.24) is 15.2 Å². The van der Waals surface area contributed by atoms with Gasteiger partial charge in [0.05, 0.1) is 23.2 Å². The van der Waals surface area contributed by atoms with Gasteiger partial charge in [-0.25, -0.2) is 9.80 Å². The number of hydrazone groups is 1. The zero-order chi connectivity index (χ0) is 22.5. The molecule has 1 aromatic heterocycles. The third kappa shape index (κ3) is 4.71. The predicted octanol–water partition coefficient (Wildman–Crippen LogP) is 2.83. The summed E-state index contributed by atoms with van der Waals surface area (Å²) in [4.78, 5) is 28.3. The summed E-state index contributed by atoms with van der Waals surface area (Å²) in [6.45, 7) is 3.03. The number of amides is 3. The lowest BCUT2D eigenvalue weighted by atomic mass is 10.0. The van der Waals surface area contributed by atoms with Gasteiger partial charge in [0.25, 0.3) is 5.91 Å². The van der Waals surface area contributed by atoms with Crippen LogP contribution in [-0.2, 0) is 9.53 Å². The first-order valence-electron chi connectivity index (χ1n) is 10.5. The van der Waals surface area contributed by atoms with E-state index in [0.717, 1.165) is 16.2 Å². The molecule has 1 unspecified atom stereocenters. The van der Waals surface area contributed by atoms with Crippen molar-refractivity contribution in [3.8, 4) is 11.5 Å². The first-order chi connectivity index (χ1) is 15.6. The highest BCUT2D eigenvalue weighted by Gasteiger charge is 2.35. The molecule has 2 aromatic rings. The molecule has 9 nitrogen and oxygen atoms in total. The zero-order valence-corrected chi connectivity index (χ0v) is 18.9. The van der Waals surface area contributed by atoms with Crippen molar-refractivity contribution in [3.05, 3.63) is 46.2 Å². The van der Waals surface area contributed by atoms with Gasteiger partial charge in [0.2, 0.25) is 6.79 Å². The fourth-order valence-electron chi connectivity index (χ4n) is 3.66. The SMILES string of the molecule is CCNC(=O)N(CCOC)CC(=O)N1N=C(c2cccs2)CC1c1ccc2c(c1)OCO2. The van der Waals surface area contributed by atoms with E-state index >= 15 is 0 Å². The molecule has 0 radical (unpaired) electrons. The molecule has 1 aromatic carbocycles. The molecule has 1 N–H and O–H groups in total. The van der Waals surface area contributed by atoms with Gasteiger partial charge in [-0.3, -0.25) is 4.79 Å². The average molecular weight is 459 g/mol. The molecule has 0 fully saturated rings. The molecule has 0 aliphatic carbocycles. The maximum Gasteiger partial charge on any atom is 0.317 e. The predicted molar refractivity (Wildman–Crippen MR) is 120 cm³/mol. The van der Waals surface area contributed by atoms with Gasteiger partial charge in [-0.1, -0.05) is 12.1 Å². The Hall–Kier alpha value is -3.11. The van der Waals surface area contributed by atoms with Crippen LogP contribution < -0.4 is 14.8 Å². The lowest BCUT2D eigenvalue weighted by molar-refractivity contribution is -0.133. The molecule has 4 rings (SSSR count). The molecule has 2 aliphatic heterocycles. The first-order valence-corrected chi connectivity index (χ1v) is 11.3. The lowest BCUT2D eigenvalue weighted by Crippen LogP contribution is -2.47. The van der Waals surface area contributed by atoms with Crippen LogP contribution in [-0.4, -0.2) is 67.7 Å². The number of methoxy groups -OCH3 is 1. The number of urea groups is 1. The minimum Gasteiger partial charge on any atom is -0.454 e. The minimum atomic E-state index is -0.306. The number of ether oxygens (including phenoxy) is 3. The number of hydrogen-bond donors (Lipinski definition) is 1. The molecule has 0 spiro atoms. The summed E-state index contributed by atoms with van der Waals surface area (Å²) in [5, 5.41) is 10.9. The van der Waals surface area contributed by atoms with Crippen LogP contribution in [0.2, 0.25) is 0 Å². The van der Waals surface area contributed by atoms with E-state index in [1.807, 2.05) is 42.6 Å². The molecular weight excluding hydrogens is 432 g/mol. The van der Waals surface area contributed by atoms with Crippen LogP contribution in [0.3, 0.4) is 0 Å². The fraction of sp³-hybridized carbons (Fsp3) is 0.409. The Labute approximate surface area is 190 Å². The summed E-state index contributed by atoms with van der Waals surface area (Å²) in [7, 11) is 1.56. The molecule has 3 amide bonds. The molecule has 170 valence electrons. The molecular formula is C22H26N4O5S. The molecule has 2 aliphatic rings. The average Bonchev–Trinajstić information content (AvgIpc) is 3.55. The van der Waals surface area contributed by atoms with Crippen LogP contribution in [0.15, 0.2) is 40.8 Å². The van der Waals surface area contributed by atoms with Crippen LogP contribution in [0.25, 0.3) is 0 Å². The van der Waals surface area contributed by atoms with Crippen molar-refractivity contribution in [2.24, 2.45) is 5.10 Å². The van der Waals surface area contributed by atoms with E-state index in [1.165, 1.54) is 9.91 Å². The number of carbonyl (C=O) groups is 2. The summed E-state index contributed by atoms with van der Waals surface area (Å²) >= 11 is 1.58. The van der Waals surface area contributed by atoms with Crippen molar-refractivity contribution in [3.63, 3.8) is 0 Å². The molecule has 10 heteroatoms.